The lowest BCUT2D eigenvalue weighted by Gasteiger charge is -2.27. The molecule has 2 aliphatic heterocycles. The third-order valence-corrected chi connectivity index (χ3v) is 4.45. The number of morpholine rings is 1. The van der Waals surface area contributed by atoms with Crippen LogP contribution in [-0.4, -0.2) is 78.6 Å². The van der Waals surface area contributed by atoms with Crippen LogP contribution in [0.25, 0.3) is 0 Å². The van der Waals surface area contributed by atoms with Crippen molar-refractivity contribution in [3.63, 3.8) is 0 Å². The summed E-state index contributed by atoms with van der Waals surface area (Å²) in [4.78, 5) is 13.1. The molecule has 0 bridgehead atoms. The van der Waals surface area contributed by atoms with Gasteiger partial charge in [-0.1, -0.05) is 0 Å². The van der Waals surface area contributed by atoms with Crippen molar-refractivity contribution in [1.29, 1.82) is 0 Å². The SMILES string of the molecule is Nc1nc(NCCN2CCOCC2)cc(N2CCCC2CO)n1. The van der Waals surface area contributed by atoms with E-state index in [-0.39, 0.29) is 18.6 Å². The number of nitrogen functional groups attached to an aromatic ring is 1. The Labute approximate surface area is 136 Å². The minimum Gasteiger partial charge on any atom is -0.394 e. The number of rotatable bonds is 6. The summed E-state index contributed by atoms with van der Waals surface area (Å²) in [5.74, 6) is 1.80. The molecular weight excluding hydrogens is 296 g/mol. The molecule has 1 aromatic heterocycles. The molecule has 0 amide bonds. The van der Waals surface area contributed by atoms with Crippen LogP contribution in [0.4, 0.5) is 17.6 Å². The molecule has 1 atom stereocenters. The van der Waals surface area contributed by atoms with Gasteiger partial charge >= 0.3 is 0 Å². The van der Waals surface area contributed by atoms with Crippen LogP contribution in [0.5, 0.6) is 0 Å². The van der Waals surface area contributed by atoms with Gasteiger partial charge < -0.3 is 25.8 Å². The second-order valence-corrected chi connectivity index (χ2v) is 6.02. The van der Waals surface area contributed by atoms with Gasteiger partial charge in [-0.15, -0.1) is 0 Å². The first-order valence-corrected chi connectivity index (χ1v) is 8.32. The van der Waals surface area contributed by atoms with E-state index in [9.17, 15) is 5.11 Å². The van der Waals surface area contributed by atoms with E-state index in [0.29, 0.717) is 0 Å². The number of anilines is 3. The zero-order valence-electron chi connectivity index (χ0n) is 13.4. The molecular formula is C15H26N6O2. The maximum atomic E-state index is 9.47. The molecule has 3 heterocycles. The van der Waals surface area contributed by atoms with Gasteiger partial charge in [0.1, 0.15) is 11.6 Å². The quantitative estimate of drug-likeness (QED) is 0.660. The van der Waals surface area contributed by atoms with E-state index < -0.39 is 0 Å². The van der Waals surface area contributed by atoms with Crippen molar-refractivity contribution < 1.29 is 9.84 Å². The number of aromatic nitrogens is 2. The van der Waals surface area contributed by atoms with Crippen LogP contribution in [0.3, 0.4) is 0 Å². The lowest BCUT2D eigenvalue weighted by molar-refractivity contribution is 0.0398. The summed E-state index contributed by atoms with van der Waals surface area (Å²) in [6.07, 6.45) is 2.05. The summed E-state index contributed by atoms with van der Waals surface area (Å²) in [5.41, 5.74) is 5.85. The minimum atomic E-state index is 0.130. The summed E-state index contributed by atoms with van der Waals surface area (Å²) in [7, 11) is 0. The molecule has 3 rings (SSSR count). The Morgan fingerprint density at radius 3 is 2.91 bits per heavy atom. The van der Waals surface area contributed by atoms with Gasteiger partial charge in [-0.2, -0.15) is 9.97 Å². The van der Waals surface area contributed by atoms with E-state index in [1.165, 1.54) is 0 Å². The average molecular weight is 322 g/mol. The van der Waals surface area contributed by atoms with Crippen molar-refractivity contribution in [2.45, 2.75) is 18.9 Å². The fourth-order valence-electron chi connectivity index (χ4n) is 3.18. The third kappa shape index (κ3) is 4.21. The van der Waals surface area contributed by atoms with Crippen molar-refractivity contribution in [3.05, 3.63) is 6.07 Å². The Hall–Kier alpha value is -1.64. The van der Waals surface area contributed by atoms with E-state index in [0.717, 1.165) is 70.4 Å². The zero-order chi connectivity index (χ0) is 16.1. The van der Waals surface area contributed by atoms with Crippen LogP contribution in [0.1, 0.15) is 12.8 Å². The predicted molar refractivity (Wildman–Crippen MR) is 89.6 cm³/mol. The van der Waals surface area contributed by atoms with E-state index in [1.54, 1.807) is 0 Å². The summed E-state index contributed by atoms with van der Waals surface area (Å²) < 4.78 is 5.35. The first-order valence-electron chi connectivity index (χ1n) is 8.32. The van der Waals surface area contributed by atoms with Gasteiger partial charge in [0.15, 0.2) is 0 Å². The number of nitrogens with one attached hydrogen (secondary N) is 1. The Kier molecular flexibility index (Phi) is 5.47. The predicted octanol–water partition coefficient (Wildman–Crippen LogP) is -0.236. The number of hydrogen-bond acceptors (Lipinski definition) is 8. The van der Waals surface area contributed by atoms with E-state index in [2.05, 4.69) is 25.1 Å². The highest BCUT2D eigenvalue weighted by molar-refractivity contribution is 5.53. The number of nitrogens with zero attached hydrogens (tertiary/aromatic N) is 4. The van der Waals surface area contributed by atoms with Crippen LogP contribution in [-0.2, 0) is 4.74 Å². The monoisotopic (exact) mass is 322 g/mol. The van der Waals surface area contributed by atoms with Crippen molar-refractivity contribution in [3.8, 4) is 0 Å². The van der Waals surface area contributed by atoms with Crippen LogP contribution in [0, 0.1) is 0 Å². The van der Waals surface area contributed by atoms with Gasteiger partial charge in [-0.3, -0.25) is 4.90 Å². The lowest BCUT2D eigenvalue weighted by atomic mass is 10.2. The second-order valence-electron chi connectivity index (χ2n) is 6.02. The molecule has 0 aromatic carbocycles. The molecule has 2 fully saturated rings. The summed E-state index contributed by atoms with van der Waals surface area (Å²) >= 11 is 0. The molecule has 4 N–H and O–H groups in total. The van der Waals surface area contributed by atoms with Crippen LogP contribution in [0.2, 0.25) is 0 Å². The molecule has 1 unspecified atom stereocenters. The van der Waals surface area contributed by atoms with Crippen molar-refractivity contribution in [2.75, 3.05) is 68.5 Å². The molecule has 0 saturated carbocycles. The molecule has 23 heavy (non-hydrogen) atoms. The highest BCUT2D eigenvalue weighted by Crippen LogP contribution is 2.25. The zero-order valence-corrected chi connectivity index (χ0v) is 13.4. The van der Waals surface area contributed by atoms with Gasteiger partial charge in [0.2, 0.25) is 5.95 Å². The third-order valence-electron chi connectivity index (χ3n) is 4.45. The molecule has 0 spiro atoms. The molecule has 8 nitrogen and oxygen atoms in total. The first kappa shape index (κ1) is 16.2. The lowest BCUT2D eigenvalue weighted by Crippen LogP contribution is -2.39. The largest absolute Gasteiger partial charge is 0.394 e. The molecule has 0 aliphatic carbocycles. The number of nitrogens with two attached hydrogens (primary N) is 1. The standard InChI is InChI=1S/C15H26N6O2/c16-15-18-13(17-3-5-20-6-8-23-9-7-20)10-14(19-15)21-4-1-2-12(21)11-22/h10,12,22H,1-9,11H2,(H3,16,17,18,19). The maximum Gasteiger partial charge on any atom is 0.223 e. The van der Waals surface area contributed by atoms with Gasteiger partial charge in [0.05, 0.1) is 25.9 Å². The molecule has 128 valence electrons. The molecule has 0 radical (unpaired) electrons. The van der Waals surface area contributed by atoms with Gasteiger partial charge in [0.25, 0.3) is 0 Å². The molecule has 2 aliphatic rings. The fraction of sp³-hybridized carbons (Fsp3) is 0.733. The molecule has 8 heteroatoms. The van der Waals surface area contributed by atoms with Crippen molar-refractivity contribution in [2.24, 2.45) is 0 Å². The van der Waals surface area contributed by atoms with E-state index in [1.807, 2.05) is 6.07 Å². The summed E-state index contributed by atoms with van der Waals surface area (Å²) in [6, 6.07) is 2.05. The number of hydrogen-bond donors (Lipinski definition) is 3. The van der Waals surface area contributed by atoms with E-state index >= 15 is 0 Å². The van der Waals surface area contributed by atoms with E-state index in [4.69, 9.17) is 10.5 Å². The Bertz CT molecular complexity index is 509. The van der Waals surface area contributed by atoms with Crippen LogP contribution < -0.4 is 16.0 Å². The fourth-order valence-corrected chi connectivity index (χ4v) is 3.18. The smallest absolute Gasteiger partial charge is 0.223 e. The van der Waals surface area contributed by atoms with Crippen molar-refractivity contribution in [1.82, 2.24) is 14.9 Å². The summed E-state index contributed by atoms with van der Waals surface area (Å²) in [6.45, 7) is 6.36. The maximum absolute atomic E-state index is 9.47. The number of ether oxygens (including phenoxy) is 1. The number of aliphatic hydroxyl groups is 1. The normalized spacial score (nSPS) is 22.5. The topological polar surface area (TPSA) is 99.8 Å². The number of aliphatic hydroxyl groups excluding tert-OH is 1. The average Bonchev–Trinajstić information content (AvgIpc) is 3.04. The molecule has 2 saturated heterocycles. The first-order chi connectivity index (χ1) is 11.3. The van der Waals surface area contributed by atoms with Gasteiger partial charge in [-0.25, -0.2) is 0 Å². The Morgan fingerprint density at radius 2 is 2.13 bits per heavy atom. The highest BCUT2D eigenvalue weighted by atomic mass is 16.5. The van der Waals surface area contributed by atoms with Gasteiger partial charge in [-0.05, 0) is 12.8 Å². The minimum absolute atomic E-state index is 0.130. The molecule has 1 aromatic rings. The highest BCUT2D eigenvalue weighted by Gasteiger charge is 2.25. The second kappa shape index (κ2) is 7.76. The van der Waals surface area contributed by atoms with Gasteiger partial charge in [0, 0.05) is 38.8 Å². The van der Waals surface area contributed by atoms with Crippen LogP contribution in [0.15, 0.2) is 6.07 Å². The summed E-state index contributed by atoms with van der Waals surface area (Å²) in [5, 5.41) is 12.8. The van der Waals surface area contributed by atoms with Crippen LogP contribution >= 0.6 is 0 Å². The van der Waals surface area contributed by atoms with Crippen molar-refractivity contribution >= 4 is 17.6 Å². The Morgan fingerprint density at radius 1 is 1.30 bits per heavy atom. The Balaban J connectivity index is 1.58.